The first-order valence-electron chi connectivity index (χ1n) is 13.2. The molecule has 0 aromatic heterocycles. The first-order valence-corrected chi connectivity index (χ1v) is 13.9. The van der Waals surface area contributed by atoms with Crippen LogP contribution in [0.5, 0.6) is 0 Å². The van der Waals surface area contributed by atoms with Gasteiger partial charge in [0.05, 0.1) is 0 Å². The molecule has 0 heterocycles. The van der Waals surface area contributed by atoms with Crippen molar-refractivity contribution in [2.45, 2.75) is 0 Å². The zero-order valence-electron chi connectivity index (χ0n) is 22.4. The van der Waals surface area contributed by atoms with Crippen LogP contribution in [-0.2, 0) is 9.59 Å². The number of halogens is 2. The van der Waals surface area contributed by atoms with Gasteiger partial charge in [-0.15, -0.1) is 0 Å². The van der Waals surface area contributed by atoms with Gasteiger partial charge in [0.15, 0.2) is 40.8 Å². The van der Waals surface area contributed by atoms with Gasteiger partial charge in [-0.3, -0.25) is 33.6 Å². The molecule has 0 bridgehead atoms. The van der Waals surface area contributed by atoms with Crippen molar-refractivity contribution in [3.63, 3.8) is 0 Å². The van der Waals surface area contributed by atoms with E-state index >= 15 is 0 Å². The maximum absolute atomic E-state index is 13.4. The molecule has 2 aliphatic carbocycles. The molecular weight excluding hydrogens is 607 g/mol. The molecule has 0 saturated heterocycles. The minimum atomic E-state index is -1.62. The van der Waals surface area contributed by atoms with E-state index in [0.717, 1.165) is 0 Å². The van der Waals surface area contributed by atoms with Gasteiger partial charge >= 0.3 is 0 Å². The van der Waals surface area contributed by atoms with Crippen molar-refractivity contribution in [2.24, 2.45) is 11.8 Å². The van der Waals surface area contributed by atoms with E-state index in [9.17, 15) is 33.6 Å². The summed E-state index contributed by atoms with van der Waals surface area (Å²) < 4.78 is 0. The summed E-state index contributed by atoms with van der Waals surface area (Å²) in [5.74, 6) is -8.37. The fourth-order valence-corrected chi connectivity index (χ4v) is 5.46. The monoisotopic (exact) mass is 624 g/mol. The van der Waals surface area contributed by atoms with Crippen LogP contribution in [0.4, 0.5) is 11.4 Å². The molecule has 11 heteroatoms. The molecule has 2 atom stereocenters. The van der Waals surface area contributed by atoms with Crippen molar-refractivity contribution in [1.82, 2.24) is 0 Å². The van der Waals surface area contributed by atoms with E-state index in [1.807, 2.05) is 0 Å². The summed E-state index contributed by atoms with van der Waals surface area (Å²) in [5, 5.41) is 5.95. The molecule has 0 aliphatic heterocycles. The second-order valence-electron chi connectivity index (χ2n) is 10.2. The Balaban J connectivity index is 1.21. The van der Waals surface area contributed by atoms with E-state index < -0.39 is 52.6 Å². The number of benzene rings is 4. The van der Waals surface area contributed by atoms with Gasteiger partial charge in [0, 0.05) is 54.8 Å². The van der Waals surface area contributed by atoms with E-state index in [-0.39, 0.29) is 33.4 Å². The van der Waals surface area contributed by atoms with E-state index in [0.29, 0.717) is 21.4 Å². The van der Waals surface area contributed by atoms with Gasteiger partial charge in [-0.25, -0.2) is 0 Å². The van der Waals surface area contributed by atoms with Crippen LogP contribution in [0.15, 0.2) is 84.9 Å². The normalized spacial score (nSPS) is 16.9. The van der Waals surface area contributed by atoms with Crippen LogP contribution in [0.3, 0.4) is 0 Å². The molecule has 6 rings (SSSR count). The fraction of sp³-hybridized carbons (Fsp3) is 0.0606. The largest absolute Gasteiger partial charge is 0.325 e. The van der Waals surface area contributed by atoms with E-state index in [4.69, 9.17) is 23.2 Å². The first kappa shape index (κ1) is 28.9. The zero-order valence-corrected chi connectivity index (χ0v) is 23.9. The molecule has 0 spiro atoms. The van der Waals surface area contributed by atoms with Gasteiger partial charge in [-0.2, -0.15) is 0 Å². The van der Waals surface area contributed by atoms with Crippen LogP contribution in [0.25, 0.3) is 0 Å². The number of Topliss-reactive ketones (excluding diaryl/α,β-unsaturated/α-hetero) is 4. The maximum atomic E-state index is 13.4. The van der Waals surface area contributed by atoms with Crippen molar-refractivity contribution < 1.29 is 33.6 Å². The van der Waals surface area contributed by atoms with Gasteiger partial charge in [0.2, 0.25) is 11.8 Å². The molecule has 9 nitrogen and oxygen atoms in total. The van der Waals surface area contributed by atoms with Crippen molar-refractivity contribution in [3.05, 3.63) is 128 Å². The molecule has 4 aromatic carbocycles. The maximum Gasteiger partial charge on any atom is 0.243 e. The summed E-state index contributed by atoms with van der Waals surface area (Å²) in [7, 11) is 0. The lowest BCUT2D eigenvalue weighted by Crippen LogP contribution is -2.31. The first-order chi connectivity index (χ1) is 21.0. The highest BCUT2D eigenvalue weighted by atomic mass is 35.5. The minimum Gasteiger partial charge on any atom is -0.325 e. The molecule has 2 unspecified atom stereocenters. The van der Waals surface area contributed by atoms with Gasteiger partial charge < -0.3 is 10.6 Å². The highest BCUT2D eigenvalue weighted by molar-refractivity contribution is 6.38. The van der Waals surface area contributed by atoms with Crippen molar-refractivity contribution >= 4 is 75.3 Å². The number of nitrogens with one attached hydrogen (secondary N) is 2. The number of ketones is 5. The second kappa shape index (κ2) is 11.1. The number of hydrogen-bond acceptors (Lipinski definition) is 7. The van der Waals surface area contributed by atoms with E-state index in [2.05, 4.69) is 10.6 Å². The number of rotatable bonds is 6. The smallest absolute Gasteiger partial charge is 0.243 e. The third-order valence-electron chi connectivity index (χ3n) is 7.42. The third-order valence-corrected chi connectivity index (χ3v) is 7.93. The third kappa shape index (κ3) is 5.02. The lowest BCUT2D eigenvalue weighted by Gasteiger charge is -2.08. The Morgan fingerprint density at radius 2 is 0.818 bits per heavy atom. The Hall–Kier alpha value is -5.25. The van der Waals surface area contributed by atoms with Crippen molar-refractivity contribution in [2.75, 3.05) is 10.6 Å². The lowest BCUT2D eigenvalue weighted by molar-refractivity contribution is -0.118. The van der Waals surface area contributed by atoms with Crippen LogP contribution in [0.2, 0.25) is 10.0 Å². The summed E-state index contributed by atoms with van der Waals surface area (Å²) in [6.07, 6.45) is 0. The highest BCUT2D eigenvalue weighted by Crippen LogP contribution is 2.32. The number of fused-ring (bicyclic) bond motifs is 2. The second-order valence-corrected chi connectivity index (χ2v) is 11.0. The topological polar surface area (TPSA) is 144 Å². The average Bonchev–Trinajstić information content (AvgIpc) is 3.42. The Labute approximate surface area is 259 Å². The Kier molecular flexibility index (Phi) is 7.28. The number of carbonyl (C=O) groups excluding carboxylic acids is 7. The zero-order chi connectivity index (χ0) is 31.3. The van der Waals surface area contributed by atoms with Crippen LogP contribution < -0.4 is 10.6 Å². The van der Waals surface area contributed by atoms with Gasteiger partial charge in [-0.05, 0) is 72.8 Å². The fourth-order valence-electron chi connectivity index (χ4n) is 5.21. The lowest BCUT2D eigenvalue weighted by atomic mass is 9.96. The predicted molar refractivity (Wildman–Crippen MR) is 161 cm³/mol. The molecular formula is C33H18Cl2N2O7. The number of hydrogen-bond donors (Lipinski definition) is 2. The molecule has 0 fully saturated rings. The number of carbonyl (C=O) groups is 7. The molecule has 44 heavy (non-hydrogen) atoms. The standard InChI is InChI=1S/C33H18Cl2N2O7/c34-17-3-7-19(8-4-17)36-32(43)25-28(39)21-11-1-15(13-23(21)30(25)41)27(38)16-2-12-22-24(14-16)31(42)26(29(22)40)33(44)37-20-9-5-18(35)6-10-20/h1-14,25-26H,(H,36,43)(H,37,44). The molecule has 2 aliphatic rings. The number of anilines is 2. The quantitative estimate of drug-likeness (QED) is 0.213. The minimum absolute atomic E-state index is 0.00655. The SMILES string of the molecule is O=C(c1ccc2c(c1)C(=O)C(C(=O)Nc1ccc(Cl)cc1)C2=O)c1ccc2c(c1)C(=O)C(C(=O)Nc1ccc(Cl)cc1)C2=O. The Morgan fingerprint density at radius 1 is 0.477 bits per heavy atom. The van der Waals surface area contributed by atoms with Crippen molar-refractivity contribution in [3.8, 4) is 0 Å². The van der Waals surface area contributed by atoms with Crippen LogP contribution in [-0.4, -0.2) is 40.7 Å². The molecule has 2 N–H and O–H groups in total. The molecule has 4 aromatic rings. The van der Waals surface area contributed by atoms with Gasteiger partial charge in [0.25, 0.3) is 0 Å². The summed E-state index contributed by atoms with van der Waals surface area (Å²) in [4.78, 5) is 91.3. The molecule has 2 amide bonds. The Morgan fingerprint density at radius 3 is 1.18 bits per heavy atom. The van der Waals surface area contributed by atoms with E-state index in [1.54, 1.807) is 24.3 Å². The average molecular weight is 625 g/mol. The van der Waals surface area contributed by atoms with Crippen LogP contribution in [0, 0.1) is 11.8 Å². The summed E-state index contributed by atoms with van der Waals surface area (Å²) >= 11 is 11.7. The van der Waals surface area contributed by atoms with Gasteiger partial charge in [-0.1, -0.05) is 35.3 Å². The van der Waals surface area contributed by atoms with Crippen molar-refractivity contribution in [1.29, 1.82) is 0 Å². The number of amides is 2. The highest BCUT2D eigenvalue weighted by Gasteiger charge is 2.45. The predicted octanol–water partition coefficient (Wildman–Crippen LogP) is 5.49. The summed E-state index contributed by atoms with van der Waals surface area (Å²) in [5.41, 5.74) is 0.600. The van der Waals surface area contributed by atoms with Gasteiger partial charge in [0.1, 0.15) is 0 Å². The summed E-state index contributed by atoms with van der Waals surface area (Å²) in [6, 6.07) is 20.0. The van der Waals surface area contributed by atoms with Crippen LogP contribution >= 0.6 is 23.2 Å². The molecule has 216 valence electrons. The van der Waals surface area contributed by atoms with E-state index in [1.165, 1.54) is 60.7 Å². The molecule has 0 saturated carbocycles. The molecule has 0 radical (unpaired) electrons. The summed E-state index contributed by atoms with van der Waals surface area (Å²) in [6.45, 7) is 0. The van der Waals surface area contributed by atoms with Crippen LogP contribution in [0.1, 0.15) is 57.4 Å². The Bertz CT molecular complexity index is 1830.